The van der Waals surface area contributed by atoms with Crippen molar-refractivity contribution in [3.8, 4) is 5.82 Å². The summed E-state index contributed by atoms with van der Waals surface area (Å²) in [5.74, 6) is 0.550. The first kappa shape index (κ1) is 18.9. The van der Waals surface area contributed by atoms with Crippen molar-refractivity contribution in [3.63, 3.8) is 0 Å². The summed E-state index contributed by atoms with van der Waals surface area (Å²) in [6, 6.07) is 8.17. The van der Waals surface area contributed by atoms with Crippen LogP contribution in [0.25, 0.3) is 5.82 Å². The molecule has 1 saturated heterocycles. The maximum Gasteiger partial charge on any atom is 0.338 e. The molecule has 4 heterocycles. The molecule has 2 aliphatic heterocycles. The molecule has 1 N–H and O–H groups in total. The van der Waals surface area contributed by atoms with Crippen LogP contribution in [0, 0.1) is 13.8 Å². The second-order valence-electron chi connectivity index (χ2n) is 7.93. The van der Waals surface area contributed by atoms with E-state index in [1.54, 1.807) is 6.33 Å². The molecule has 1 aromatic carbocycles. The minimum Gasteiger partial charge on any atom is -0.457 e. The van der Waals surface area contributed by atoms with E-state index in [1.165, 1.54) is 5.56 Å². The molecule has 2 aromatic heterocycles. The van der Waals surface area contributed by atoms with Crippen molar-refractivity contribution in [2.24, 2.45) is 0 Å². The molecule has 5 rings (SSSR count). The molecule has 0 saturated carbocycles. The van der Waals surface area contributed by atoms with Crippen molar-refractivity contribution >= 4 is 5.97 Å². The van der Waals surface area contributed by atoms with Crippen LogP contribution in [0.15, 0.2) is 36.8 Å². The highest BCUT2D eigenvalue weighted by Gasteiger charge is 2.28. The number of aromatic nitrogens is 4. The van der Waals surface area contributed by atoms with Crippen molar-refractivity contribution in [2.45, 2.75) is 33.0 Å². The van der Waals surface area contributed by atoms with E-state index in [4.69, 9.17) is 4.74 Å². The van der Waals surface area contributed by atoms with E-state index in [0.717, 1.165) is 54.5 Å². The summed E-state index contributed by atoms with van der Waals surface area (Å²) in [6.45, 7) is 7.88. The minimum absolute atomic E-state index is 0.209. The van der Waals surface area contributed by atoms with Crippen LogP contribution in [0.5, 0.6) is 0 Å². The topological polar surface area (TPSA) is 85.2 Å². The smallest absolute Gasteiger partial charge is 0.338 e. The zero-order valence-electron chi connectivity index (χ0n) is 17.1. The van der Waals surface area contributed by atoms with Gasteiger partial charge in [0.25, 0.3) is 0 Å². The monoisotopic (exact) mass is 404 g/mol. The van der Waals surface area contributed by atoms with Gasteiger partial charge in [0.15, 0.2) is 5.82 Å². The number of nitrogens with one attached hydrogen (secondary N) is 1. The van der Waals surface area contributed by atoms with Crippen molar-refractivity contribution in [3.05, 3.63) is 70.4 Å². The average molecular weight is 404 g/mol. The number of benzene rings is 1. The first-order chi connectivity index (χ1) is 14.6. The lowest BCUT2D eigenvalue weighted by atomic mass is 9.93. The van der Waals surface area contributed by atoms with Gasteiger partial charge in [-0.15, -0.1) is 5.10 Å². The molecule has 0 radical (unpaired) electrons. The van der Waals surface area contributed by atoms with Crippen molar-refractivity contribution in [2.75, 3.05) is 19.6 Å². The van der Waals surface area contributed by atoms with Gasteiger partial charge < -0.3 is 10.1 Å². The van der Waals surface area contributed by atoms with Gasteiger partial charge in [-0.3, -0.25) is 9.47 Å². The molecular weight excluding hydrogens is 380 g/mol. The number of fused-ring (bicyclic) bond motifs is 1. The number of ether oxygens (including phenoxy) is 1. The molecule has 30 heavy (non-hydrogen) atoms. The molecule has 0 spiro atoms. The normalized spacial score (nSPS) is 19.0. The maximum atomic E-state index is 11.8. The largest absolute Gasteiger partial charge is 0.457 e. The molecule has 154 valence electrons. The summed E-state index contributed by atoms with van der Waals surface area (Å²) in [5.41, 5.74) is 6.00. The zero-order chi connectivity index (χ0) is 20.7. The lowest BCUT2D eigenvalue weighted by Crippen LogP contribution is -2.45. The number of piperazine rings is 1. The molecule has 1 fully saturated rings. The molecular formula is C22H24N6O2. The fourth-order valence-corrected chi connectivity index (χ4v) is 4.26. The Hall–Kier alpha value is -3.10. The Balaban J connectivity index is 1.29. The molecule has 2 aliphatic rings. The number of rotatable bonds is 4. The van der Waals surface area contributed by atoms with Crippen molar-refractivity contribution in [1.29, 1.82) is 0 Å². The highest BCUT2D eigenvalue weighted by Crippen LogP contribution is 2.30. The predicted molar refractivity (Wildman–Crippen MR) is 110 cm³/mol. The van der Waals surface area contributed by atoms with E-state index in [-0.39, 0.29) is 12.0 Å². The molecule has 0 unspecified atom stereocenters. The SMILES string of the molecule is Cc1cn(-c2ccc(CN3CCN[C@H](c4ccc5c(c4C)COC5=O)C3)nn2)cn1. The number of hydrogen-bond acceptors (Lipinski definition) is 7. The standard InChI is InChI=1S/C22H24N6O2/c1-14-9-28(13-24-14)21-6-3-16(25-26-21)10-27-8-7-23-20(11-27)17-4-5-18-19(15(17)2)12-30-22(18)29/h3-6,9,13,20,23H,7-8,10-12H2,1-2H3/t20-/m0/s1. The number of esters is 1. The number of imidazole rings is 1. The zero-order valence-corrected chi connectivity index (χ0v) is 17.1. The van der Waals surface area contributed by atoms with E-state index in [0.29, 0.717) is 12.2 Å². The third-order valence-electron chi connectivity index (χ3n) is 5.91. The van der Waals surface area contributed by atoms with E-state index in [9.17, 15) is 4.79 Å². The van der Waals surface area contributed by atoms with Crippen LogP contribution in [-0.4, -0.2) is 50.3 Å². The Morgan fingerprint density at radius 3 is 2.87 bits per heavy atom. The Morgan fingerprint density at radius 1 is 1.20 bits per heavy atom. The lowest BCUT2D eigenvalue weighted by Gasteiger charge is -2.34. The van der Waals surface area contributed by atoms with E-state index in [1.807, 2.05) is 35.9 Å². The summed E-state index contributed by atoms with van der Waals surface area (Å²) in [5, 5.41) is 12.4. The van der Waals surface area contributed by atoms with Gasteiger partial charge in [-0.05, 0) is 43.2 Å². The van der Waals surface area contributed by atoms with Gasteiger partial charge in [0, 0.05) is 44.0 Å². The van der Waals surface area contributed by atoms with Crippen LogP contribution in [0.1, 0.15) is 44.5 Å². The molecule has 1 atom stereocenters. The fourth-order valence-electron chi connectivity index (χ4n) is 4.26. The van der Waals surface area contributed by atoms with E-state index < -0.39 is 0 Å². The molecule has 0 aliphatic carbocycles. The fraction of sp³-hybridized carbons (Fsp3) is 0.364. The first-order valence-corrected chi connectivity index (χ1v) is 10.2. The molecule has 8 heteroatoms. The van der Waals surface area contributed by atoms with Crippen molar-refractivity contribution in [1.82, 2.24) is 30.0 Å². The highest BCUT2D eigenvalue weighted by atomic mass is 16.5. The summed E-state index contributed by atoms with van der Waals surface area (Å²) in [7, 11) is 0. The predicted octanol–water partition coefficient (Wildman–Crippen LogP) is 2.10. The molecule has 8 nitrogen and oxygen atoms in total. The van der Waals surface area contributed by atoms with Gasteiger partial charge in [0.1, 0.15) is 12.9 Å². The summed E-state index contributed by atoms with van der Waals surface area (Å²) >= 11 is 0. The second kappa shape index (κ2) is 7.62. The number of nitrogens with zero attached hydrogens (tertiary/aromatic N) is 5. The minimum atomic E-state index is -0.217. The highest BCUT2D eigenvalue weighted by molar-refractivity contribution is 5.93. The van der Waals surface area contributed by atoms with Crippen LogP contribution in [0.3, 0.4) is 0 Å². The second-order valence-corrected chi connectivity index (χ2v) is 7.93. The van der Waals surface area contributed by atoms with Gasteiger partial charge in [-0.2, -0.15) is 5.10 Å². The molecule has 0 amide bonds. The van der Waals surface area contributed by atoms with Crippen LogP contribution in [-0.2, 0) is 17.9 Å². The van der Waals surface area contributed by atoms with Crippen LogP contribution in [0.4, 0.5) is 0 Å². The van der Waals surface area contributed by atoms with Gasteiger partial charge >= 0.3 is 5.97 Å². The van der Waals surface area contributed by atoms with Crippen LogP contribution >= 0.6 is 0 Å². The lowest BCUT2D eigenvalue weighted by molar-refractivity contribution is 0.0535. The number of cyclic esters (lactones) is 1. The van der Waals surface area contributed by atoms with Gasteiger partial charge in [0.2, 0.25) is 0 Å². The van der Waals surface area contributed by atoms with E-state index >= 15 is 0 Å². The summed E-state index contributed by atoms with van der Waals surface area (Å²) in [6.07, 6.45) is 3.68. The quantitative estimate of drug-likeness (QED) is 0.667. The number of carbonyl (C=O) groups is 1. The third kappa shape index (κ3) is 3.48. The van der Waals surface area contributed by atoms with Crippen LogP contribution < -0.4 is 5.32 Å². The third-order valence-corrected chi connectivity index (χ3v) is 5.91. The number of carbonyl (C=O) groups excluding carboxylic acids is 1. The molecule has 0 bridgehead atoms. The average Bonchev–Trinajstić information content (AvgIpc) is 3.35. The van der Waals surface area contributed by atoms with E-state index in [2.05, 4.69) is 38.4 Å². The summed E-state index contributed by atoms with van der Waals surface area (Å²) < 4.78 is 7.07. The Kier molecular flexibility index (Phi) is 4.80. The van der Waals surface area contributed by atoms with Crippen molar-refractivity contribution < 1.29 is 9.53 Å². The Morgan fingerprint density at radius 2 is 2.10 bits per heavy atom. The van der Waals surface area contributed by atoms with Gasteiger partial charge in [-0.25, -0.2) is 9.78 Å². The van der Waals surface area contributed by atoms with Gasteiger partial charge in [0.05, 0.1) is 17.0 Å². The summed E-state index contributed by atoms with van der Waals surface area (Å²) in [4.78, 5) is 18.4. The number of aryl methyl sites for hydroxylation is 1. The molecule has 3 aromatic rings. The van der Waals surface area contributed by atoms with Gasteiger partial charge in [-0.1, -0.05) is 6.07 Å². The van der Waals surface area contributed by atoms with Crippen LogP contribution in [0.2, 0.25) is 0 Å². The maximum absolute atomic E-state index is 11.8. The first-order valence-electron chi connectivity index (χ1n) is 10.2. The number of hydrogen-bond donors (Lipinski definition) is 1. The Labute approximate surface area is 174 Å². The Bertz CT molecular complexity index is 1090.